The molecule has 0 aromatic heterocycles. The summed E-state index contributed by atoms with van der Waals surface area (Å²) in [6, 6.07) is 0.533. The van der Waals surface area contributed by atoms with Crippen molar-refractivity contribution >= 4 is 0 Å². The first kappa shape index (κ1) is 11.3. The molecule has 0 spiro atoms. The predicted octanol–water partition coefficient (Wildman–Crippen LogP) is -1.39. The van der Waals surface area contributed by atoms with Crippen LogP contribution in [0.15, 0.2) is 0 Å². The topological polar surface area (TPSA) is 82.0 Å². The van der Waals surface area contributed by atoms with Crippen LogP contribution < -0.4 is 5.32 Å². The highest BCUT2D eigenvalue weighted by atomic mass is 16.6. The Labute approximate surface area is 89.1 Å². The number of aliphatic hydroxyl groups is 3. The SMILES string of the molecule is OC[C@H]1O[C@H](CNC2CCC2)[C@@H](O)[C@@H]1O. The smallest absolute Gasteiger partial charge is 0.111 e. The average Bonchev–Trinajstić information content (AvgIpc) is 2.43. The molecule has 2 rings (SSSR count). The van der Waals surface area contributed by atoms with Gasteiger partial charge in [0.25, 0.3) is 0 Å². The van der Waals surface area contributed by atoms with Crippen LogP contribution in [-0.4, -0.2) is 58.9 Å². The zero-order valence-electron chi connectivity index (χ0n) is 8.67. The monoisotopic (exact) mass is 217 g/mol. The van der Waals surface area contributed by atoms with Crippen molar-refractivity contribution in [1.82, 2.24) is 5.32 Å². The molecule has 1 saturated heterocycles. The quantitative estimate of drug-likeness (QED) is 0.466. The largest absolute Gasteiger partial charge is 0.394 e. The third-order valence-corrected chi connectivity index (χ3v) is 3.35. The minimum Gasteiger partial charge on any atom is -0.394 e. The molecule has 15 heavy (non-hydrogen) atoms. The first-order valence-corrected chi connectivity index (χ1v) is 5.58. The van der Waals surface area contributed by atoms with Gasteiger partial charge in [-0.2, -0.15) is 0 Å². The van der Waals surface area contributed by atoms with Crippen LogP contribution in [0.4, 0.5) is 0 Å². The minimum atomic E-state index is -0.969. The third kappa shape index (κ3) is 2.32. The lowest BCUT2D eigenvalue weighted by Gasteiger charge is -2.28. The summed E-state index contributed by atoms with van der Waals surface area (Å²) in [7, 11) is 0. The molecular formula is C10H19NO4. The lowest BCUT2D eigenvalue weighted by Crippen LogP contribution is -2.43. The van der Waals surface area contributed by atoms with Gasteiger partial charge in [-0.25, -0.2) is 0 Å². The first-order valence-electron chi connectivity index (χ1n) is 5.58. The van der Waals surface area contributed by atoms with E-state index in [1.165, 1.54) is 19.3 Å². The van der Waals surface area contributed by atoms with Gasteiger partial charge in [-0.05, 0) is 12.8 Å². The van der Waals surface area contributed by atoms with E-state index in [0.717, 1.165) is 0 Å². The standard InChI is InChI=1S/C10H19NO4/c12-5-8-10(14)9(13)7(15-8)4-11-6-2-1-3-6/h6-14H,1-5H2/t7-,8-,9-,10-/m1/s1. The third-order valence-electron chi connectivity index (χ3n) is 3.35. The Balaban J connectivity index is 1.76. The molecule has 1 saturated carbocycles. The van der Waals surface area contributed by atoms with E-state index >= 15 is 0 Å². The van der Waals surface area contributed by atoms with Gasteiger partial charge in [-0.15, -0.1) is 0 Å². The van der Waals surface area contributed by atoms with Gasteiger partial charge >= 0.3 is 0 Å². The lowest BCUT2D eigenvalue weighted by molar-refractivity contribution is -0.0224. The number of hydrogen-bond donors (Lipinski definition) is 4. The molecule has 5 nitrogen and oxygen atoms in total. The average molecular weight is 217 g/mol. The van der Waals surface area contributed by atoms with E-state index < -0.39 is 24.4 Å². The van der Waals surface area contributed by atoms with Crippen molar-refractivity contribution in [3.63, 3.8) is 0 Å². The van der Waals surface area contributed by atoms with Gasteiger partial charge in [0.05, 0.1) is 12.7 Å². The molecule has 5 heteroatoms. The lowest BCUT2D eigenvalue weighted by atomic mass is 9.93. The highest BCUT2D eigenvalue weighted by molar-refractivity contribution is 4.92. The van der Waals surface area contributed by atoms with Gasteiger partial charge in [0.15, 0.2) is 0 Å². The molecule has 2 aliphatic rings. The number of nitrogens with one attached hydrogen (secondary N) is 1. The second-order valence-corrected chi connectivity index (χ2v) is 4.41. The van der Waals surface area contributed by atoms with Crippen LogP contribution in [0.5, 0.6) is 0 Å². The predicted molar refractivity (Wildman–Crippen MR) is 53.4 cm³/mol. The van der Waals surface area contributed by atoms with Gasteiger partial charge in [0.2, 0.25) is 0 Å². The molecule has 0 aromatic carbocycles. The highest BCUT2D eigenvalue weighted by Gasteiger charge is 2.42. The zero-order valence-corrected chi connectivity index (χ0v) is 8.67. The second-order valence-electron chi connectivity index (χ2n) is 4.41. The zero-order chi connectivity index (χ0) is 10.8. The van der Waals surface area contributed by atoms with Gasteiger partial charge < -0.3 is 25.4 Å². The van der Waals surface area contributed by atoms with Crippen molar-refractivity contribution < 1.29 is 20.1 Å². The maximum absolute atomic E-state index is 9.64. The molecule has 0 unspecified atom stereocenters. The fourth-order valence-electron chi connectivity index (χ4n) is 2.04. The molecular weight excluding hydrogens is 198 g/mol. The summed E-state index contributed by atoms with van der Waals surface area (Å²) in [5.41, 5.74) is 0. The Morgan fingerprint density at radius 1 is 1.13 bits per heavy atom. The molecule has 0 bridgehead atoms. The maximum Gasteiger partial charge on any atom is 0.111 e. The van der Waals surface area contributed by atoms with Crippen LogP contribution in [0, 0.1) is 0 Å². The number of rotatable bonds is 4. The van der Waals surface area contributed by atoms with E-state index in [9.17, 15) is 10.2 Å². The molecule has 0 radical (unpaired) electrons. The van der Waals surface area contributed by atoms with Crippen LogP contribution in [0.2, 0.25) is 0 Å². The van der Waals surface area contributed by atoms with E-state index in [2.05, 4.69) is 5.32 Å². The summed E-state index contributed by atoms with van der Waals surface area (Å²) in [6.45, 7) is 0.289. The van der Waals surface area contributed by atoms with E-state index in [4.69, 9.17) is 9.84 Å². The normalized spacial score (nSPS) is 41.8. The molecule has 0 amide bonds. The molecule has 1 aliphatic carbocycles. The fraction of sp³-hybridized carbons (Fsp3) is 1.00. The summed E-state index contributed by atoms with van der Waals surface area (Å²) in [5, 5.41) is 31.3. The summed E-state index contributed by atoms with van der Waals surface area (Å²) in [4.78, 5) is 0. The van der Waals surface area contributed by atoms with E-state index in [1.54, 1.807) is 0 Å². The number of hydrogen-bond acceptors (Lipinski definition) is 5. The Kier molecular flexibility index (Phi) is 3.58. The molecule has 88 valence electrons. The Morgan fingerprint density at radius 2 is 1.80 bits per heavy atom. The van der Waals surface area contributed by atoms with Gasteiger partial charge in [-0.3, -0.25) is 0 Å². The summed E-state index contributed by atoms with van der Waals surface area (Å²) >= 11 is 0. The summed E-state index contributed by atoms with van der Waals surface area (Å²) < 4.78 is 5.34. The Hall–Kier alpha value is -0.200. The second kappa shape index (κ2) is 4.76. The molecule has 4 atom stereocenters. The highest BCUT2D eigenvalue weighted by Crippen LogP contribution is 2.22. The van der Waals surface area contributed by atoms with E-state index in [1.807, 2.05) is 0 Å². The Morgan fingerprint density at radius 3 is 2.27 bits per heavy atom. The Bertz CT molecular complexity index is 210. The van der Waals surface area contributed by atoms with Crippen molar-refractivity contribution in [2.24, 2.45) is 0 Å². The summed E-state index contributed by atoms with van der Waals surface area (Å²) in [6.07, 6.45) is 0.695. The number of ether oxygens (including phenoxy) is 1. The van der Waals surface area contributed by atoms with E-state index in [0.29, 0.717) is 12.6 Å². The summed E-state index contributed by atoms with van der Waals surface area (Å²) in [5.74, 6) is 0. The van der Waals surface area contributed by atoms with Crippen molar-refractivity contribution in [1.29, 1.82) is 0 Å². The molecule has 2 fully saturated rings. The van der Waals surface area contributed by atoms with Crippen molar-refractivity contribution in [3.8, 4) is 0 Å². The molecule has 0 aromatic rings. The van der Waals surface area contributed by atoms with Crippen molar-refractivity contribution in [3.05, 3.63) is 0 Å². The fourth-order valence-corrected chi connectivity index (χ4v) is 2.04. The van der Waals surface area contributed by atoms with Gasteiger partial charge in [0.1, 0.15) is 18.3 Å². The van der Waals surface area contributed by atoms with Crippen LogP contribution in [-0.2, 0) is 4.74 Å². The van der Waals surface area contributed by atoms with Crippen LogP contribution in [0.3, 0.4) is 0 Å². The maximum atomic E-state index is 9.64. The van der Waals surface area contributed by atoms with Gasteiger partial charge in [-0.1, -0.05) is 6.42 Å². The minimum absolute atomic E-state index is 0.252. The van der Waals surface area contributed by atoms with Gasteiger partial charge in [0, 0.05) is 12.6 Å². The van der Waals surface area contributed by atoms with Crippen LogP contribution in [0.1, 0.15) is 19.3 Å². The number of aliphatic hydroxyl groups excluding tert-OH is 3. The first-order chi connectivity index (χ1) is 7.22. The molecule has 1 aliphatic heterocycles. The van der Waals surface area contributed by atoms with Crippen LogP contribution >= 0.6 is 0 Å². The van der Waals surface area contributed by atoms with Crippen molar-refractivity contribution in [2.45, 2.75) is 49.7 Å². The molecule has 4 N–H and O–H groups in total. The van der Waals surface area contributed by atoms with Crippen molar-refractivity contribution in [2.75, 3.05) is 13.2 Å². The molecule has 1 heterocycles. The van der Waals surface area contributed by atoms with E-state index in [-0.39, 0.29) is 6.61 Å². The van der Waals surface area contributed by atoms with Crippen LogP contribution in [0.25, 0.3) is 0 Å².